The van der Waals surface area contributed by atoms with Crippen LogP contribution in [0.25, 0.3) is 0 Å². The van der Waals surface area contributed by atoms with Gasteiger partial charge >= 0.3 is 0 Å². The Hall–Kier alpha value is -3.21. The number of nitrogens with zero attached hydrogens (tertiary/aromatic N) is 4. The molecule has 0 unspecified atom stereocenters. The summed E-state index contributed by atoms with van der Waals surface area (Å²) in [5.41, 5.74) is 5.08. The molecule has 26 heavy (non-hydrogen) atoms. The van der Waals surface area contributed by atoms with Gasteiger partial charge in [0, 0.05) is 24.5 Å². The van der Waals surface area contributed by atoms with Crippen molar-refractivity contribution in [3.05, 3.63) is 77.7 Å². The van der Waals surface area contributed by atoms with Gasteiger partial charge in [0.25, 0.3) is 5.91 Å². The molecule has 2 aromatic carbocycles. The normalized spacial score (nSPS) is 15.1. The van der Waals surface area contributed by atoms with Crippen molar-refractivity contribution in [3.8, 4) is 0 Å². The molecule has 0 radical (unpaired) electrons. The molecule has 0 fully saturated rings. The maximum absolute atomic E-state index is 12.9. The molecule has 1 aromatic heterocycles. The smallest absolute Gasteiger partial charge is 0.278 e. The number of aromatic nitrogens is 2. The minimum Gasteiger partial charge on any atom is -0.325 e. The number of fused-ring (bicyclic) bond motifs is 2. The topological polar surface area (TPSA) is 49.3 Å². The van der Waals surface area contributed by atoms with E-state index in [9.17, 15) is 4.79 Å². The molecular weight excluding hydrogens is 324 g/mol. The zero-order valence-electron chi connectivity index (χ0n) is 14.3. The summed E-state index contributed by atoms with van der Waals surface area (Å²) < 4.78 is 0. The highest BCUT2D eigenvalue weighted by Crippen LogP contribution is 2.33. The first kappa shape index (κ1) is 15.1. The molecular formula is C21H18N4O. The number of carbonyl (C=O) groups excluding carboxylic acids is 1. The van der Waals surface area contributed by atoms with Gasteiger partial charge in [0.2, 0.25) is 0 Å². The average Bonchev–Trinajstić information content (AvgIpc) is 3.32. The van der Waals surface area contributed by atoms with Crippen LogP contribution in [0.15, 0.2) is 60.9 Å². The molecule has 128 valence electrons. The number of rotatable bonds is 2. The third-order valence-corrected chi connectivity index (χ3v) is 5.15. The van der Waals surface area contributed by atoms with Crippen molar-refractivity contribution in [3.63, 3.8) is 0 Å². The van der Waals surface area contributed by atoms with E-state index in [-0.39, 0.29) is 5.91 Å². The Morgan fingerprint density at radius 1 is 0.808 bits per heavy atom. The van der Waals surface area contributed by atoms with Gasteiger partial charge in [0.1, 0.15) is 5.69 Å². The van der Waals surface area contributed by atoms with E-state index in [0.717, 1.165) is 30.9 Å². The van der Waals surface area contributed by atoms with Crippen LogP contribution in [0.4, 0.5) is 17.2 Å². The fraction of sp³-hybridized carbons (Fsp3) is 0.190. The second-order valence-electron chi connectivity index (χ2n) is 6.63. The molecule has 5 heteroatoms. The molecule has 0 N–H and O–H groups in total. The second kappa shape index (κ2) is 5.95. The standard InChI is InChI=1S/C21H18N4O/c26-21(25-12-10-16-6-2-4-8-19(16)25)17-13-23-20(14-22-17)24-11-9-15-5-1-3-7-18(15)24/h1-8,13-14H,9-12H2. The monoisotopic (exact) mass is 342 g/mol. The van der Waals surface area contributed by atoms with Crippen LogP contribution in [0.5, 0.6) is 0 Å². The molecule has 0 saturated heterocycles. The first-order valence-corrected chi connectivity index (χ1v) is 8.88. The molecule has 5 nitrogen and oxygen atoms in total. The van der Waals surface area contributed by atoms with Gasteiger partial charge in [-0.05, 0) is 36.1 Å². The largest absolute Gasteiger partial charge is 0.325 e. The molecule has 0 atom stereocenters. The van der Waals surface area contributed by atoms with Crippen LogP contribution >= 0.6 is 0 Å². The third kappa shape index (κ3) is 2.36. The fourth-order valence-electron chi connectivity index (χ4n) is 3.83. The van der Waals surface area contributed by atoms with E-state index in [0.29, 0.717) is 12.2 Å². The van der Waals surface area contributed by atoms with Gasteiger partial charge in [-0.15, -0.1) is 0 Å². The number of benzene rings is 2. The molecule has 2 aliphatic heterocycles. The zero-order chi connectivity index (χ0) is 17.5. The number of carbonyl (C=O) groups is 1. The van der Waals surface area contributed by atoms with Gasteiger partial charge in [0.15, 0.2) is 5.82 Å². The van der Waals surface area contributed by atoms with Gasteiger partial charge in [-0.25, -0.2) is 9.97 Å². The first-order chi connectivity index (χ1) is 12.8. The van der Waals surface area contributed by atoms with Crippen LogP contribution in [0.2, 0.25) is 0 Å². The van der Waals surface area contributed by atoms with E-state index in [2.05, 4.69) is 39.1 Å². The maximum Gasteiger partial charge on any atom is 0.278 e. The SMILES string of the molecule is O=C(c1cnc(N2CCc3ccccc32)cn1)N1CCc2ccccc21. The van der Waals surface area contributed by atoms with E-state index in [1.807, 2.05) is 24.3 Å². The van der Waals surface area contributed by atoms with Gasteiger partial charge in [-0.2, -0.15) is 0 Å². The minimum absolute atomic E-state index is 0.0872. The zero-order valence-corrected chi connectivity index (χ0v) is 14.3. The van der Waals surface area contributed by atoms with Crippen molar-refractivity contribution in [2.24, 2.45) is 0 Å². The Bertz CT molecular complexity index is 983. The number of hydrogen-bond donors (Lipinski definition) is 0. The molecule has 0 spiro atoms. The Morgan fingerprint density at radius 2 is 1.50 bits per heavy atom. The fourth-order valence-corrected chi connectivity index (χ4v) is 3.83. The molecule has 1 amide bonds. The maximum atomic E-state index is 12.9. The Kier molecular flexibility index (Phi) is 3.45. The number of para-hydroxylation sites is 2. The van der Waals surface area contributed by atoms with Crippen molar-refractivity contribution in [2.45, 2.75) is 12.8 Å². The lowest BCUT2D eigenvalue weighted by Crippen LogP contribution is -2.30. The molecule has 0 bridgehead atoms. The first-order valence-electron chi connectivity index (χ1n) is 8.88. The summed E-state index contributed by atoms with van der Waals surface area (Å²) in [4.78, 5) is 25.7. The quantitative estimate of drug-likeness (QED) is 0.716. The van der Waals surface area contributed by atoms with Crippen LogP contribution < -0.4 is 9.80 Å². The van der Waals surface area contributed by atoms with Crippen LogP contribution in [-0.4, -0.2) is 29.0 Å². The summed E-state index contributed by atoms with van der Waals surface area (Å²) in [6, 6.07) is 16.4. The molecule has 5 rings (SSSR count). The lowest BCUT2D eigenvalue weighted by atomic mass is 10.2. The summed E-state index contributed by atoms with van der Waals surface area (Å²) >= 11 is 0. The van der Waals surface area contributed by atoms with Gasteiger partial charge in [-0.1, -0.05) is 36.4 Å². The van der Waals surface area contributed by atoms with Crippen LogP contribution in [-0.2, 0) is 12.8 Å². The predicted molar refractivity (Wildman–Crippen MR) is 101 cm³/mol. The van der Waals surface area contributed by atoms with Gasteiger partial charge in [0.05, 0.1) is 12.4 Å². The second-order valence-corrected chi connectivity index (χ2v) is 6.63. The average molecular weight is 342 g/mol. The predicted octanol–water partition coefficient (Wildman–Crippen LogP) is 3.37. The van der Waals surface area contributed by atoms with Gasteiger partial charge < -0.3 is 9.80 Å². The van der Waals surface area contributed by atoms with Crippen molar-refractivity contribution in [1.82, 2.24) is 9.97 Å². The Labute approximate surface area is 151 Å². The summed E-state index contributed by atoms with van der Waals surface area (Å²) in [6.45, 7) is 1.59. The summed E-state index contributed by atoms with van der Waals surface area (Å²) in [6.07, 6.45) is 5.19. The highest BCUT2D eigenvalue weighted by atomic mass is 16.2. The summed E-state index contributed by atoms with van der Waals surface area (Å²) in [5, 5.41) is 0. The highest BCUT2D eigenvalue weighted by molar-refractivity contribution is 6.05. The van der Waals surface area contributed by atoms with E-state index in [1.165, 1.54) is 16.8 Å². The Morgan fingerprint density at radius 3 is 2.27 bits per heavy atom. The summed E-state index contributed by atoms with van der Waals surface area (Å²) in [7, 11) is 0. The highest BCUT2D eigenvalue weighted by Gasteiger charge is 2.27. The molecule has 0 saturated carbocycles. The van der Waals surface area contributed by atoms with E-state index < -0.39 is 0 Å². The van der Waals surface area contributed by atoms with Crippen molar-refractivity contribution >= 4 is 23.1 Å². The third-order valence-electron chi connectivity index (χ3n) is 5.15. The van der Waals surface area contributed by atoms with E-state index in [4.69, 9.17) is 0 Å². The molecule has 3 aromatic rings. The molecule has 3 heterocycles. The lowest BCUT2D eigenvalue weighted by Gasteiger charge is -2.19. The molecule has 0 aliphatic carbocycles. The van der Waals surface area contributed by atoms with E-state index in [1.54, 1.807) is 17.3 Å². The van der Waals surface area contributed by atoms with Crippen LogP contribution in [0, 0.1) is 0 Å². The number of amides is 1. The Balaban J connectivity index is 1.40. The minimum atomic E-state index is -0.0872. The van der Waals surface area contributed by atoms with Gasteiger partial charge in [-0.3, -0.25) is 4.79 Å². The summed E-state index contributed by atoms with van der Waals surface area (Å²) in [5.74, 6) is 0.698. The van der Waals surface area contributed by atoms with E-state index >= 15 is 0 Å². The van der Waals surface area contributed by atoms with Crippen LogP contribution in [0.1, 0.15) is 21.6 Å². The lowest BCUT2D eigenvalue weighted by molar-refractivity contribution is 0.0984. The number of hydrogen-bond acceptors (Lipinski definition) is 4. The van der Waals surface area contributed by atoms with Crippen molar-refractivity contribution in [1.29, 1.82) is 0 Å². The van der Waals surface area contributed by atoms with Crippen molar-refractivity contribution in [2.75, 3.05) is 22.9 Å². The van der Waals surface area contributed by atoms with Crippen molar-refractivity contribution < 1.29 is 4.79 Å². The molecule has 2 aliphatic rings. The van der Waals surface area contributed by atoms with Crippen LogP contribution in [0.3, 0.4) is 0 Å². The number of anilines is 3.